The summed E-state index contributed by atoms with van der Waals surface area (Å²) in [4.78, 5) is 12.3. The highest BCUT2D eigenvalue weighted by Gasteiger charge is 2.08. The molecule has 0 aliphatic carbocycles. The van der Waals surface area contributed by atoms with Gasteiger partial charge in [-0.2, -0.15) is 0 Å². The van der Waals surface area contributed by atoms with E-state index in [1.54, 1.807) is 45.7 Å². The molecule has 0 saturated carbocycles. The average Bonchev–Trinajstić information content (AvgIpc) is 2.55. The molecule has 4 heteroatoms. The van der Waals surface area contributed by atoms with Crippen LogP contribution in [-0.2, 0) is 4.65 Å². The van der Waals surface area contributed by atoms with Crippen molar-refractivity contribution in [3.05, 3.63) is 71.8 Å². The molecule has 0 spiro atoms. The third kappa shape index (κ3) is 3.99. The van der Waals surface area contributed by atoms with Crippen molar-refractivity contribution in [2.45, 2.75) is 6.82 Å². The van der Waals surface area contributed by atoms with Gasteiger partial charge in [0.15, 0.2) is 5.78 Å². The number of allylic oxidation sites excluding steroid dienone is 1. The van der Waals surface area contributed by atoms with Gasteiger partial charge < -0.3 is 9.39 Å². The van der Waals surface area contributed by atoms with Gasteiger partial charge in [0, 0.05) is 17.2 Å². The Balaban J connectivity index is 2.26. The average molecular weight is 279 g/mol. The van der Waals surface area contributed by atoms with Gasteiger partial charge >= 0.3 is 7.48 Å². The Morgan fingerprint density at radius 1 is 1.00 bits per heavy atom. The lowest BCUT2D eigenvalue weighted by Crippen LogP contribution is -2.00. The molecule has 0 heterocycles. The normalized spacial score (nSPS) is 10.9. The number of rotatable bonds is 6. The number of methoxy groups -OCH3 is 1. The molecule has 21 heavy (non-hydrogen) atoms. The molecule has 0 bridgehead atoms. The molecule has 0 unspecified atom stereocenters. The number of carbonyl (C=O) groups excluding carboxylic acids is 1. The first-order valence-corrected chi connectivity index (χ1v) is 6.64. The van der Waals surface area contributed by atoms with Crippen molar-refractivity contribution in [1.82, 2.24) is 0 Å². The van der Waals surface area contributed by atoms with Crippen molar-refractivity contribution in [2.24, 2.45) is 0 Å². The van der Waals surface area contributed by atoms with Crippen molar-refractivity contribution in [1.29, 1.82) is 0 Å². The van der Waals surface area contributed by atoms with Gasteiger partial charge in [0.05, 0.1) is 7.11 Å². The minimum Gasteiger partial charge on any atom is -0.563 e. The number of hydrogen-bond acceptors (Lipinski definition) is 3. The lowest BCUT2D eigenvalue weighted by Gasteiger charge is -2.09. The smallest absolute Gasteiger partial charge is 0.366 e. The van der Waals surface area contributed by atoms with Crippen molar-refractivity contribution >= 4 is 19.0 Å². The number of ketones is 1. The first-order valence-electron chi connectivity index (χ1n) is 6.64. The highest BCUT2D eigenvalue weighted by Crippen LogP contribution is 2.18. The maximum atomic E-state index is 12.3. The van der Waals surface area contributed by atoms with Crippen LogP contribution in [0.3, 0.4) is 0 Å². The Hall–Kier alpha value is -2.49. The topological polar surface area (TPSA) is 35.5 Å². The number of hydrogen-bond donors (Lipinski definition) is 0. The number of benzene rings is 2. The molecule has 0 aliphatic heterocycles. The van der Waals surface area contributed by atoms with Gasteiger partial charge in [-0.05, 0) is 24.3 Å². The highest BCUT2D eigenvalue weighted by atomic mass is 16.5. The Morgan fingerprint density at radius 3 is 2.24 bits per heavy atom. The van der Waals surface area contributed by atoms with Crippen LogP contribution in [0.25, 0.3) is 5.76 Å². The van der Waals surface area contributed by atoms with E-state index >= 15 is 0 Å². The SMILES string of the molecule is C[B]O/C(=C\C(=O)c1ccc(OC)cc1)c1ccccc1. The largest absolute Gasteiger partial charge is 0.563 e. The predicted octanol–water partition coefficient (Wildman–Crippen LogP) is 3.60. The van der Waals surface area contributed by atoms with Gasteiger partial charge in [-0.15, -0.1) is 0 Å². The van der Waals surface area contributed by atoms with Crippen LogP contribution in [0.4, 0.5) is 0 Å². The van der Waals surface area contributed by atoms with E-state index in [1.807, 2.05) is 30.3 Å². The Bertz CT molecular complexity index is 618. The fraction of sp³-hybridized carbons (Fsp3) is 0.118. The first-order chi connectivity index (χ1) is 10.2. The standard InChI is InChI=1S/C17H16BO3/c1-18-21-17(14-6-4-3-5-7-14)12-16(19)13-8-10-15(20-2)11-9-13/h3-12H,1-2H3/b17-12-. The van der Waals surface area contributed by atoms with Gasteiger partial charge in [0.2, 0.25) is 0 Å². The Morgan fingerprint density at radius 2 is 1.67 bits per heavy atom. The van der Waals surface area contributed by atoms with Crippen LogP contribution in [0.2, 0.25) is 6.82 Å². The Kier molecular flexibility index (Phi) is 5.21. The van der Waals surface area contributed by atoms with E-state index in [4.69, 9.17) is 9.39 Å². The second-order valence-corrected chi connectivity index (χ2v) is 4.32. The van der Waals surface area contributed by atoms with Crippen molar-refractivity contribution in [3.63, 3.8) is 0 Å². The molecule has 0 saturated heterocycles. The molecule has 0 N–H and O–H groups in total. The van der Waals surface area contributed by atoms with Gasteiger partial charge in [-0.3, -0.25) is 4.79 Å². The molecule has 0 aromatic heterocycles. The summed E-state index contributed by atoms with van der Waals surface area (Å²) in [7, 11) is 3.15. The summed E-state index contributed by atoms with van der Waals surface area (Å²) < 4.78 is 10.5. The predicted molar refractivity (Wildman–Crippen MR) is 84.4 cm³/mol. The molecule has 0 aliphatic rings. The number of carbonyl (C=O) groups is 1. The molecule has 3 nitrogen and oxygen atoms in total. The highest BCUT2D eigenvalue weighted by molar-refractivity contribution is 6.27. The fourth-order valence-corrected chi connectivity index (χ4v) is 1.87. The van der Waals surface area contributed by atoms with Crippen molar-refractivity contribution in [2.75, 3.05) is 7.11 Å². The molecule has 1 radical (unpaired) electrons. The van der Waals surface area contributed by atoms with E-state index in [0.717, 1.165) is 11.3 Å². The monoisotopic (exact) mass is 279 g/mol. The second-order valence-electron chi connectivity index (χ2n) is 4.32. The second kappa shape index (κ2) is 7.34. The maximum Gasteiger partial charge on any atom is 0.366 e. The molecular formula is C17H16BO3. The maximum absolute atomic E-state index is 12.3. The van der Waals surface area contributed by atoms with E-state index in [2.05, 4.69) is 0 Å². The van der Waals surface area contributed by atoms with Crippen LogP contribution in [0.5, 0.6) is 5.75 Å². The minimum absolute atomic E-state index is 0.113. The van der Waals surface area contributed by atoms with Crippen LogP contribution >= 0.6 is 0 Å². The molecule has 0 amide bonds. The molecule has 0 fully saturated rings. The fourth-order valence-electron chi connectivity index (χ4n) is 1.87. The van der Waals surface area contributed by atoms with Crippen LogP contribution < -0.4 is 4.74 Å². The van der Waals surface area contributed by atoms with Crippen molar-refractivity contribution in [3.8, 4) is 5.75 Å². The molecular weight excluding hydrogens is 263 g/mol. The summed E-state index contributed by atoms with van der Waals surface area (Å²) >= 11 is 0. The van der Waals surface area contributed by atoms with Crippen molar-refractivity contribution < 1.29 is 14.2 Å². The van der Waals surface area contributed by atoms with Gasteiger partial charge in [0.1, 0.15) is 11.5 Å². The molecule has 0 atom stereocenters. The summed E-state index contributed by atoms with van der Waals surface area (Å²) in [6.07, 6.45) is 1.50. The van der Waals surface area contributed by atoms with Gasteiger partial charge in [-0.25, -0.2) is 0 Å². The van der Waals surface area contributed by atoms with E-state index < -0.39 is 0 Å². The van der Waals surface area contributed by atoms with Crippen LogP contribution in [0.1, 0.15) is 15.9 Å². The van der Waals surface area contributed by atoms with E-state index in [9.17, 15) is 4.79 Å². The van der Waals surface area contributed by atoms with Crippen LogP contribution in [-0.4, -0.2) is 20.4 Å². The zero-order valence-corrected chi connectivity index (χ0v) is 12.1. The molecule has 2 aromatic rings. The van der Waals surface area contributed by atoms with Gasteiger partial charge in [-0.1, -0.05) is 37.2 Å². The minimum atomic E-state index is -0.113. The summed E-state index contributed by atoms with van der Waals surface area (Å²) in [6.45, 7) is 1.77. The summed E-state index contributed by atoms with van der Waals surface area (Å²) in [6, 6.07) is 16.5. The zero-order valence-electron chi connectivity index (χ0n) is 12.1. The zero-order chi connectivity index (χ0) is 15.1. The van der Waals surface area contributed by atoms with E-state index in [-0.39, 0.29) is 5.78 Å². The van der Waals surface area contributed by atoms with Crippen LogP contribution in [0, 0.1) is 0 Å². The molecule has 105 valence electrons. The molecule has 2 aromatic carbocycles. The van der Waals surface area contributed by atoms with Crippen LogP contribution in [0.15, 0.2) is 60.7 Å². The molecule has 2 rings (SSSR count). The summed E-state index contributed by atoms with van der Waals surface area (Å²) in [5.41, 5.74) is 1.45. The third-order valence-corrected chi connectivity index (χ3v) is 2.94. The van der Waals surface area contributed by atoms with Gasteiger partial charge in [0.25, 0.3) is 0 Å². The lowest BCUT2D eigenvalue weighted by molar-refractivity contribution is 0.104. The Labute approximate surface area is 125 Å². The third-order valence-electron chi connectivity index (χ3n) is 2.94. The summed E-state index contributed by atoms with van der Waals surface area (Å²) in [5, 5.41) is 0. The summed E-state index contributed by atoms with van der Waals surface area (Å²) in [5.74, 6) is 1.13. The van der Waals surface area contributed by atoms with E-state index in [1.165, 1.54) is 6.08 Å². The quantitative estimate of drug-likeness (QED) is 0.351. The first kappa shape index (κ1) is 14.9. The lowest BCUT2D eigenvalue weighted by atomic mass is 10.0. The van der Waals surface area contributed by atoms with E-state index in [0.29, 0.717) is 11.3 Å². The number of ether oxygens (including phenoxy) is 1.